The molecule has 1 aliphatic carbocycles. The van der Waals surface area contributed by atoms with E-state index in [1.807, 2.05) is 31.5 Å². The highest BCUT2D eigenvalue weighted by molar-refractivity contribution is 7.62. The molecule has 2 aromatic carbocycles. The van der Waals surface area contributed by atoms with Crippen molar-refractivity contribution in [1.29, 1.82) is 0 Å². The first kappa shape index (κ1) is 30.9. The molecule has 3 aromatic rings. The molecular formula is C33H42FN2O4P. The third-order valence-corrected chi connectivity index (χ3v) is 8.95. The lowest BCUT2D eigenvalue weighted by molar-refractivity contribution is 0.0734. The summed E-state index contributed by atoms with van der Waals surface area (Å²) in [5.41, 5.74) is 3.28. The molecule has 1 fully saturated rings. The third kappa shape index (κ3) is 8.05. The van der Waals surface area contributed by atoms with Gasteiger partial charge in [0.05, 0.1) is 26.0 Å². The van der Waals surface area contributed by atoms with Crippen molar-refractivity contribution in [3.8, 4) is 22.8 Å². The zero-order valence-electron chi connectivity index (χ0n) is 25.2. The molecule has 1 atom stereocenters. The summed E-state index contributed by atoms with van der Waals surface area (Å²) in [5, 5.41) is 0. The number of carbonyl (C=O) groups excluding carboxylic acids is 1. The average Bonchev–Trinajstić information content (AvgIpc) is 3.75. The number of rotatable bonds is 12. The molecule has 41 heavy (non-hydrogen) atoms. The van der Waals surface area contributed by atoms with Gasteiger partial charge in [-0.3, -0.25) is 4.90 Å². The molecule has 1 saturated carbocycles. The van der Waals surface area contributed by atoms with Crippen molar-refractivity contribution in [2.45, 2.75) is 65.1 Å². The van der Waals surface area contributed by atoms with E-state index in [2.05, 4.69) is 37.6 Å². The molecule has 1 aromatic heterocycles. The quantitative estimate of drug-likeness (QED) is 0.123. The zero-order chi connectivity index (χ0) is 29.9. The Morgan fingerprint density at radius 1 is 1.05 bits per heavy atom. The van der Waals surface area contributed by atoms with Crippen LogP contribution in [-0.4, -0.2) is 54.5 Å². The molecule has 0 saturated heterocycles. The molecular weight excluding hydrogens is 538 g/mol. The molecule has 0 amide bonds. The molecule has 0 aliphatic heterocycles. The third-order valence-electron chi connectivity index (χ3n) is 7.67. The van der Waals surface area contributed by atoms with E-state index in [0.29, 0.717) is 46.9 Å². The van der Waals surface area contributed by atoms with Crippen LogP contribution in [0, 0.1) is 11.7 Å². The lowest BCUT2D eigenvalue weighted by Crippen LogP contribution is -2.36. The van der Waals surface area contributed by atoms with Crippen molar-refractivity contribution < 1.29 is 23.2 Å². The van der Waals surface area contributed by atoms with E-state index in [1.165, 1.54) is 7.11 Å². The van der Waals surface area contributed by atoms with Crippen LogP contribution in [0.25, 0.3) is 11.1 Å². The molecule has 1 aliphatic rings. The van der Waals surface area contributed by atoms with Crippen LogP contribution in [-0.2, 0) is 11.1 Å². The minimum atomic E-state index is -2.21. The van der Waals surface area contributed by atoms with Gasteiger partial charge in [0.15, 0.2) is 0 Å². The first-order valence-electron chi connectivity index (χ1n) is 14.3. The number of pyridine rings is 1. The Hall–Kier alpha value is -3.02. The van der Waals surface area contributed by atoms with Gasteiger partial charge in [0.1, 0.15) is 11.6 Å². The maximum Gasteiger partial charge on any atom is 0.343 e. The second-order valence-corrected chi connectivity index (χ2v) is 15.6. The summed E-state index contributed by atoms with van der Waals surface area (Å²) in [4.78, 5) is 19.7. The Kier molecular flexibility index (Phi) is 9.71. The van der Waals surface area contributed by atoms with Crippen LogP contribution < -0.4 is 9.47 Å². The van der Waals surface area contributed by atoms with Gasteiger partial charge >= 0.3 is 5.97 Å². The van der Waals surface area contributed by atoms with Gasteiger partial charge in [-0.2, -0.15) is 0 Å². The maximum absolute atomic E-state index is 15.0. The van der Waals surface area contributed by atoms with Gasteiger partial charge in [0.2, 0.25) is 5.88 Å². The number of halogens is 1. The van der Waals surface area contributed by atoms with Crippen molar-refractivity contribution in [2.75, 3.05) is 26.6 Å². The first-order chi connectivity index (χ1) is 19.4. The second-order valence-electron chi connectivity index (χ2n) is 12.1. The number of nitrogens with zero attached hydrogens (tertiary/aromatic N) is 2. The van der Waals surface area contributed by atoms with Gasteiger partial charge in [-0.15, -0.1) is 0 Å². The van der Waals surface area contributed by atoms with Crippen LogP contribution in [0.1, 0.15) is 67.9 Å². The summed E-state index contributed by atoms with van der Waals surface area (Å²) in [5.74, 6) is 0.554. The highest BCUT2D eigenvalue weighted by atomic mass is 31.2. The summed E-state index contributed by atoms with van der Waals surface area (Å²) in [7, 11) is -0.718. The number of esters is 1. The van der Waals surface area contributed by atoms with Crippen LogP contribution in [0.3, 0.4) is 0 Å². The molecule has 8 heteroatoms. The van der Waals surface area contributed by atoms with Gasteiger partial charge in [-0.25, -0.2) is 14.2 Å². The zero-order valence-corrected chi connectivity index (χ0v) is 26.1. The van der Waals surface area contributed by atoms with Crippen molar-refractivity contribution in [3.63, 3.8) is 0 Å². The number of benzene rings is 2. The SMILES string of the molecule is COc1cc(-c2ccc(C(=O)Oc3cccc(C(CP(C)(C)=O)C4CC4)c3)cc2CN(C(C)C)C(C)C)c(F)cn1. The van der Waals surface area contributed by atoms with E-state index in [0.717, 1.165) is 30.2 Å². The lowest BCUT2D eigenvalue weighted by Gasteiger charge is -2.31. The maximum atomic E-state index is 15.0. The Balaban J connectivity index is 1.66. The molecule has 6 nitrogen and oxygen atoms in total. The standard InChI is InChI=1S/C33H42FN2O4P/c1-21(2)36(22(3)4)19-26-15-25(13-14-28(26)29-17-32(39-5)35-18-31(29)34)33(37)40-27-10-8-9-24(16-27)30(23-11-12-23)20-41(6,7)38/h8-10,13-18,21-23,30H,11-12,19-20H2,1-7H3. The number of methoxy groups -OCH3 is 1. The summed E-state index contributed by atoms with van der Waals surface area (Å²) in [6, 6.07) is 14.9. The lowest BCUT2D eigenvalue weighted by atomic mass is 9.96. The normalized spacial score (nSPS) is 14.5. The predicted molar refractivity (Wildman–Crippen MR) is 163 cm³/mol. The van der Waals surface area contributed by atoms with E-state index in [9.17, 15) is 13.8 Å². The summed E-state index contributed by atoms with van der Waals surface area (Å²) >= 11 is 0. The fourth-order valence-electron chi connectivity index (χ4n) is 5.48. The van der Waals surface area contributed by atoms with E-state index < -0.39 is 18.9 Å². The van der Waals surface area contributed by atoms with Crippen LogP contribution in [0.15, 0.2) is 54.7 Å². The minimum absolute atomic E-state index is 0.200. The summed E-state index contributed by atoms with van der Waals surface area (Å²) in [6.07, 6.45) is 4.08. The monoisotopic (exact) mass is 580 g/mol. The largest absolute Gasteiger partial charge is 0.481 e. The fourth-order valence-corrected chi connectivity index (χ4v) is 6.94. The van der Waals surface area contributed by atoms with Gasteiger partial charge in [-0.1, -0.05) is 18.2 Å². The van der Waals surface area contributed by atoms with Gasteiger partial charge in [0.25, 0.3) is 0 Å². The predicted octanol–water partition coefficient (Wildman–Crippen LogP) is 7.85. The van der Waals surface area contributed by atoms with E-state index in [1.54, 1.807) is 30.3 Å². The first-order valence-corrected chi connectivity index (χ1v) is 17.1. The van der Waals surface area contributed by atoms with Gasteiger partial charge in [0, 0.05) is 36.4 Å². The van der Waals surface area contributed by atoms with E-state index in [-0.39, 0.29) is 18.0 Å². The molecule has 0 N–H and O–H groups in total. The molecule has 0 spiro atoms. The van der Waals surface area contributed by atoms with Gasteiger partial charge in [-0.05, 0) is 107 Å². The smallest absolute Gasteiger partial charge is 0.343 e. The Morgan fingerprint density at radius 3 is 2.37 bits per heavy atom. The van der Waals surface area contributed by atoms with E-state index >= 15 is 0 Å². The molecule has 4 rings (SSSR count). The Labute approximate surface area is 243 Å². The van der Waals surface area contributed by atoms with Crippen molar-refractivity contribution in [3.05, 3.63) is 77.2 Å². The van der Waals surface area contributed by atoms with E-state index in [4.69, 9.17) is 9.47 Å². The van der Waals surface area contributed by atoms with Crippen LogP contribution in [0.4, 0.5) is 4.39 Å². The second kappa shape index (κ2) is 12.9. The number of hydrogen-bond donors (Lipinski definition) is 0. The minimum Gasteiger partial charge on any atom is -0.481 e. The highest BCUT2D eigenvalue weighted by Gasteiger charge is 2.35. The summed E-state index contributed by atoms with van der Waals surface area (Å²) < 4.78 is 38.7. The van der Waals surface area contributed by atoms with Gasteiger partial charge < -0.3 is 14.0 Å². The van der Waals surface area contributed by atoms with Crippen molar-refractivity contribution in [2.24, 2.45) is 5.92 Å². The molecule has 1 heterocycles. The van der Waals surface area contributed by atoms with Crippen LogP contribution in [0.2, 0.25) is 0 Å². The molecule has 1 unspecified atom stereocenters. The number of hydrogen-bond acceptors (Lipinski definition) is 6. The van der Waals surface area contributed by atoms with Crippen molar-refractivity contribution in [1.82, 2.24) is 9.88 Å². The average molecular weight is 581 g/mol. The fraction of sp³-hybridized carbons (Fsp3) is 0.455. The highest BCUT2D eigenvalue weighted by Crippen LogP contribution is 2.51. The Morgan fingerprint density at radius 2 is 1.76 bits per heavy atom. The Bertz CT molecular complexity index is 1420. The molecule has 0 bridgehead atoms. The van der Waals surface area contributed by atoms with Crippen LogP contribution in [0.5, 0.6) is 11.6 Å². The molecule has 0 radical (unpaired) electrons. The number of aromatic nitrogens is 1. The number of carbonyl (C=O) groups is 1. The molecule has 220 valence electrons. The topological polar surface area (TPSA) is 68.7 Å². The number of ether oxygens (including phenoxy) is 2. The summed E-state index contributed by atoms with van der Waals surface area (Å²) in [6.45, 7) is 12.7. The van der Waals surface area contributed by atoms with Crippen molar-refractivity contribution >= 4 is 13.1 Å². The van der Waals surface area contributed by atoms with Crippen LogP contribution >= 0.6 is 7.14 Å².